The second kappa shape index (κ2) is 2.79. The molecule has 0 rings (SSSR count). The SMILES string of the molecule is FC(F)(F)C(F)(N=S)C(F)(F)F. The normalized spacial score (nSPS) is 14.6. The summed E-state index contributed by atoms with van der Waals surface area (Å²) in [7, 11) is 0. The lowest BCUT2D eigenvalue weighted by atomic mass is 10.2. The van der Waals surface area contributed by atoms with Crippen LogP contribution in [0.1, 0.15) is 0 Å². The molecule has 9 heteroatoms. The second-order valence-electron chi connectivity index (χ2n) is 1.71. The first-order valence-electron chi connectivity index (χ1n) is 2.23. The summed E-state index contributed by atoms with van der Waals surface area (Å²) in [5.74, 6) is -5.64. The predicted molar refractivity (Wildman–Crippen MR) is 25.7 cm³/mol. The Labute approximate surface area is 66.7 Å². The second-order valence-corrected chi connectivity index (χ2v) is 1.89. The van der Waals surface area contributed by atoms with Crippen LogP contribution >= 0.6 is 0 Å². The first kappa shape index (κ1) is 11.5. The molecule has 1 nitrogen and oxygen atoms in total. The third-order valence-electron chi connectivity index (χ3n) is 0.877. The van der Waals surface area contributed by atoms with Crippen molar-refractivity contribution >= 4 is 12.4 Å². The Morgan fingerprint density at radius 2 is 1.00 bits per heavy atom. The van der Waals surface area contributed by atoms with E-state index >= 15 is 0 Å². The van der Waals surface area contributed by atoms with Crippen molar-refractivity contribution in [1.29, 1.82) is 0 Å². The van der Waals surface area contributed by atoms with Gasteiger partial charge in [-0.1, -0.05) is 0 Å². The average molecular weight is 215 g/mol. The maximum atomic E-state index is 12.0. The zero-order valence-corrected chi connectivity index (χ0v) is 5.82. The first-order chi connectivity index (χ1) is 5.06. The van der Waals surface area contributed by atoms with Crippen molar-refractivity contribution in [2.24, 2.45) is 4.36 Å². The molecule has 0 heterocycles. The van der Waals surface area contributed by atoms with Crippen molar-refractivity contribution in [3.63, 3.8) is 0 Å². The Hall–Kier alpha value is -0.470. The largest absolute Gasteiger partial charge is 0.454 e. The van der Waals surface area contributed by atoms with Crippen LogP contribution in [0.5, 0.6) is 0 Å². The summed E-state index contributed by atoms with van der Waals surface area (Å²) in [4.78, 5) is 0. The summed E-state index contributed by atoms with van der Waals surface area (Å²) < 4.78 is 81.3. The van der Waals surface area contributed by atoms with Crippen molar-refractivity contribution in [3.05, 3.63) is 0 Å². The monoisotopic (exact) mass is 215 g/mol. The minimum Gasteiger partial charge on any atom is -0.196 e. The van der Waals surface area contributed by atoms with E-state index in [1.807, 2.05) is 0 Å². The number of rotatable bonds is 1. The van der Waals surface area contributed by atoms with Gasteiger partial charge in [0, 0.05) is 12.4 Å². The highest BCUT2D eigenvalue weighted by Gasteiger charge is 2.73. The molecule has 72 valence electrons. The van der Waals surface area contributed by atoms with Gasteiger partial charge in [0.05, 0.1) is 0 Å². The highest BCUT2D eigenvalue weighted by Crippen LogP contribution is 2.46. The highest BCUT2D eigenvalue weighted by molar-refractivity contribution is 7.47. The molecule has 0 unspecified atom stereocenters. The summed E-state index contributed by atoms with van der Waals surface area (Å²) in [6.07, 6.45) is -12.3. The summed E-state index contributed by atoms with van der Waals surface area (Å²) >= 11 is 3.09. The van der Waals surface area contributed by atoms with Crippen LogP contribution in [0.4, 0.5) is 30.7 Å². The molecule has 0 bridgehead atoms. The lowest BCUT2D eigenvalue weighted by molar-refractivity contribution is -0.337. The first-order valence-corrected chi connectivity index (χ1v) is 2.59. The van der Waals surface area contributed by atoms with Gasteiger partial charge in [-0.2, -0.15) is 35.1 Å². The van der Waals surface area contributed by atoms with Gasteiger partial charge in [-0.05, 0) is 0 Å². The maximum Gasteiger partial charge on any atom is 0.454 e. The van der Waals surface area contributed by atoms with E-state index in [9.17, 15) is 30.7 Å². The van der Waals surface area contributed by atoms with Crippen LogP contribution in [0.15, 0.2) is 4.36 Å². The van der Waals surface area contributed by atoms with Crippen molar-refractivity contribution in [3.8, 4) is 0 Å². The minimum atomic E-state index is -6.17. The highest BCUT2D eigenvalue weighted by atomic mass is 32.1. The predicted octanol–water partition coefficient (Wildman–Crippen LogP) is 2.51. The fraction of sp³-hybridized carbons (Fsp3) is 1.00. The van der Waals surface area contributed by atoms with Crippen molar-refractivity contribution < 1.29 is 30.7 Å². The molecule has 0 aliphatic rings. The van der Waals surface area contributed by atoms with Gasteiger partial charge in [-0.3, -0.25) is 0 Å². The van der Waals surface area contributed by atoms with Crippen LogP contribution in [0.3, 0.4) is 0 Å². The Balaban J connectivity index is 5.09. The number of hydrogen-bond donors (Lipinski definition) is 0. The van der Waals surface area contributed by atoms with E-state index < -0.39 is 18.1 Å². The van der Waals surface area contributed by atoms with Gasteiger partial charge in [0.15, 0.2) is 0 Å². The number of halogens is 7. The molecule has 0 radical (unpaired) electrons. The third-order valence-corrected chi connectivity index (χ3v) is 1.13. The molecule has 12 heavy (non-hydrogen) atoms. The number of nitrogens with zero attached hydrogens (tertiary/aromatic N) is 1. The molecule has 0 aromatic heterocycles. The molecule has 0 atom stereocenters. The molecule has 0 amide bonds. The maximum absolute atomic E-state index is 12.0. The molecule has 0 fully saturated rings. The Morgan fingerprint density at radius 1 is 0.750 bits per heavy atom. The quantitative estimate of drug-likeness (QED) is 0.483. The van der Waals surface area contributed by atoms with Crippen molar-refractivity contribution in [2.75, 3.05) is 0 Å². The van der Waals surface area contributed by atoms with Crippen LogP contribution < -0.4 is 0 Å². The summed E-state index contributed by atoms with van der Waals surface area (Å²) in [5.41, 5.74) is 0. The number of alkyl halides is 7. The molecular formula is C3F7NS. The van der Waals surface area contributed by atoms with Gasteiger partial charge in [-0.25, -0.2) is 0 Å². The van der Waals surface area contributed by atoms with Gasteiger partial charge < -0.3 is 0 Å². The van der Waals surface area contributed by atoms with E-state index in [1.165, 1.54) is 4.36 Å². The molecule has 0 N–H and O–H groups in total. The fourth-order valence-corrected chi connectivity index (χ4v) is 0.471. The lowest BCUT2D eigenvalue weighted by Gasteiger charge is -2.24. The molecule has 0 saturated heterocycles. The fourth-order valence-electron chi connectivity index (χ4n) is 0.264. The van der Waals surface area contributed by atoms with Gasteiger partial charge in [0.25, 0.3) is 0 Å². The standard InChI is InChI=1S/C3F7NS/c4-1(11-12,2(5,6)7)3(8,9)10. The summed E-state index contributed by atoms with van der Waals surface area (Å²) in [6.45, 7) is 0. The average Bonchev–Trinajstić information content (AvgIpc) is 1.81. The van der Waals surface area contributed by atoms with Gasteiger partial charge in [0.1, 0.15) is 0 Å². The van der Waals surface area contributed by atoms with Crippen LogP contribution in [0.25, 0.3) is 0 Å². The topological polar surface area (TPSA) is 12.4 Å². The van der Waals surface area contributed by atoms with Gasteiger partial charge in [0.2, 0.25) is 0 Å². The van der Waals surface area contributed by atoms with E-state index in [2.05, 4.69) is 12.4 Å². The van der Waals surface area contributed by atoms with Crippen LogP contribution in [0.2, 0.25) is 0 Å². The summed E-state index contributed by atoms with van der Waals surface area (Å²) in [5, 5.41) is 0. The van der Waals surface area contributed by atoms with Crippen LogP contribution in [-0.2, 0) is 12.4 Å². The molecule has 0 saturated carbocycles. The van der Waals surface area contributed by atoms with E-state index in [0.29, 0.717) is 0 Å². The van der Waals surface area contributed by atoms with Gasteiger partial charge >= 0.3 is 18.1 Å². The summed E-state index contributed by atoms with van der Waals surface area (Å²) in [6, 6.07) is 0. The van der Waals surface area contributed by atoms with E-state index in [4.69, 9.17) is 0 Å². The minimum absolute atomic E-state index is 1.23. The number of hydrogen-bond acceptors (Lipinski definition) is 2. The molecule has 0 aliphatic carbocycles. The molecule has 0 aromatic carbocycles. The Bertz CT molecular complexity index is 166. The lowest BCUT2D eigenvalue weighted by Crippen LogP contribution is -2.51. The van der Waals surface area contributed by atoms with Crippen molar-refractivity contribution in [2.45, 2.75) is 18.1 Å². The van der Waals surface area contributed by atoms with E-state index in [-0.39, 0.29) is 0 Å². The molecular weight excluding hydrogens is 215 g/mol. The van der Waals surface area contributed by atoms with Gasteiger partial charge in [-0.15, -0.1) is 0 Å². The zero-order chi connectivity index (χ0) is 10.2. The zero-order valence-electron chi connectivity index (χ0n) is 5.00. The van der Waals surface area contributed by atoms with Crippen LogP contribution in [0, 0.1) is 0 Å². The smallest absolute Gasteiger partial charge is 0.196 e. The Kier molecular flexibility index (Phi) is 2.68. The molecule has 0 aromatic rings. The van der Waals surface area contributed by atoms with E-state index in [0.717, 1.165) is 0 Å². The Morgan fingerprint density at radius 3 is 1.00 bits per heavy atom. The molecule has 0 aliphatic heterocycles. The molecule has 0 spiro atoms. The third kappa shape index (κ3) is 1.65. The van der Waals surface area contributed by atoms with Crippen LogP contribution in [-0.4, -0.2) is 18.1 Å². The van der Waals surface area contributed by atoms with Crippen molar-refractivity contribution in [1.82, 2.24) is 0 Å². The van der Waals surface area contributed by atoms with E-state index in [1.54, 1.807) is 0 Å².